The zero-order valence-electron chi connectivity index (χ0n) is 15.4. The van der Waals surface area contributed by atoms with E-state index >= 15 is 0 Å². The number of hydrogen-bond acceptors (Lipinski definition) is 4. The van der Waals surface area contributed by atoms with Crippen LogP contribution in [-0.4, -0.2) is 10.2 Å². The molecule has 144 valence electrons. The summed E-state index contributed by atoms with van der Waals surface area (Å²) in [6.07, 6.45) is 2.46. The molecule has 0 bridgehead atoms. The fourth-order valence-corrected chi connectivity index (χ4v) is 3.82. The summed E-state index contributed by atoms with van der Waals surface area (Å²) in [5, 5.41) is -0.383. The largest absolute Gasteiger partial charge is 0.282 e. The molecule has 0 saturated carbocycles. The SMILES string of the molecule is C=CC(=O)Sc1ccc(-c2ccc(-c3ccc(SC(=O)C=C)c(F)c3)cc2)cc1. The molecule has 3 rings (SSSR count). The van der Waals surface area contributed by atoms with Gasteiger partial charge >= 0.3 is 0 Å². The number of hydrogen-bond donors (Lipinski definition) is 0. The third-order valence-corrected chi connectivity index (χ3v) is 5.89. The average Bonchev–Trinajstić information content (AvgIpc) is 2.75. The molecule has 5 heteroatoms. The Morgan fingerprint density at radius 3 is 1.66 bits per heavy atom. The minimum Gasteiger partial charge on any atom is -0.282 e. The number of rotatable bonds is 6. The second-order valence-corrected chi connectivity index (χ2v) is 8.12. The van der Waals surface area contributed by atoms with Crippen LogP contribution >= 0.6 is 23.5 Å². The van der Waals surface area contributed by atoms with Gasteiger partial charge in [0.15, 0.2) is 0 Å². The third-order valence-electron chi connectivity index (χ3n) is 4.10. The van der Waals surface area contributed by atoms with Crippen LogP contribution in [0.5, 0.6) is 0 Å². The Bertz CT molecular complexity index is 1070. The van der Waals surface area contributed by atoms with E-state index in [0.29, 0.717) is 0 Å². The quantitative estimate of drug-likeness (QED) is 0.326. The van der Waals surface area contributed by atoms with Gasteiger partial charge in [-0.25, -0.2) is 4.39 Å². The van der Waals surface area contributed by atoms with Crippen molar-refractivity contribution in [3.05, 3.63) is 97.9 Å². The third kappa shape index (κ3) is 5.34. The van der Waals surface area contributed by atoms with Crippen molar-refractivity contribution >= 4 is 33.8 Å². The van der Waals surface area contributed by atoms with E-state index in [2.05, 4.69) is 13.2 Å². The summed E-state index contributed by atoms with van der Waals surface area (Å²) in [6.45, 7) is 6.86. The molecule has 0 N–H and O–H groups in total. The van der Waals surface area contributed by atoms with E-state index in [0.717, 1.165) is 50.7 Å². The summed E-state index contributed by atoms with van der Waals surface area (Å²) in [5.41, 5.74) is 3.65. The Labute approximate surface area is 177 Å². The van der Waals surface area contributed by atoms with Crippen molar-refractivity contribution < 1.29 is 14.0 Å². The van der Waals surface area contributed by atoms with Gasteiger partial charge in [-0.1, -0.05) is 55.6 Å². The van der Waals surface area contributed by atoms with Crippen LogP contribution in [0.3, 0.4) is 0 Å². The van der Waals surface area contributed by atoms with Crippen LogP contribution in [0.4, 0.5) is 4.39 Å². The van der Waals surface area contributed by atoms with E-state index in [1.165, 1.54) is 18.2 Å². The molecular weight excluding hydrogens is 403 g/mol. The Morgan fingerprint density at radius 1 is 0.690 bits per heavy atom. The van der Waals surface area contributed by atoms with Gasteiger partial charge in [0, 0.05) is 4.90 Å². The number of carbonyl (C=O) groups is 2. The summed E-state index contributed by atoms with van der Waals surface area (Å²) in [7, 11) is 0. The first-order valence-electron chi connectivity index (χ1n) is 8.69. The number of thioether (sulfide) groups is 2. The lowest BCUT2D eigenvalue weighted by atomic mass is 10.0. The first kappa shape index (κ1) is 20.8. The van der Waals surface area contributed by atoms with Crippen molar-refractivity contribution in [1.82, 2.24) is 0 Å². The average molecular weight is 421 g/mol. The molecule has 0 fully saturated rings. The molecule has 0 aliphatic rings. The standard InChI is InChI=1S/C24H17FO2S2/c1-3-23(26)28-20-12-9-17(10-13-20)16-5-7-18(8-6-16)19-11-14-22(21(25)15-19)29-24(27)4-2/h3-15H,1-2H2. The number of benzene rings is 3. The van der Waals surface area contributed by atoms with Crippen LogP contribution in [0.15, 0.2) is 102 Å². The Hall–Kier alpha value is -2.89. The lowest BCUT2D eigenvalue weighted by molar-refractivity contribution is -0.107. The molecule has 0 radical (unpaired) electrons. The summed E-state index contributed by atoms with van der Waals surface area (Å²) < 4.78 is 14.3. The molecule has 0 spiro atoms. The van der Waals surface area contributed by atoms with Crippen LogP contribution in [0, 0.1) is 5.82 Å². The van der Waals surface area contributed by atoms with Crippen molar-refractivity contribution in [2.45, 2.75) is 9.79 Å². The van der Waals surface area contributed by atoms with Gasteiger partial charge in [-0.05, 0) is 82.2 Å². The van der Waals surface area contributed by atoms with Gasteiger partial charge in [0.25, 0.3) is 0 Å². The predicted octanol–water partition coefficient (Wildman–Crippen LogP) is 6.77. The zero-order valence-corrected chi connectivity index (χ0v) is 17.1. The van der Waals surface area contributed by atoms with Crippen LogP contribution in [0.25, 0.3) is 22.3 Å². The maximum atomic E-state index is 14.3. The summed E-state index contributed by atoms with van der Waals surface area (Å²) in [4.78, 5) is 24.0. The summed E-state index contributed by atoms with van der Waals surface area (Å²) >= 11 is 1.95. The zero-order chi connectivity index (χ0) is 20.8. The molecular formula is C24H17FO2S2. The highest BCUT2D eigenvalue weighted by Gasteiger charge is 2.09. The molecule has 2 nitrogen and oxygen atoms in total. The first-order valence-corrected chi connectivity index (χ1v) is 10.3. The monoisotopic (exact) mass is 420 g/mol. The molecule has 3 aromatic rings. The molecule has 3 aromatic carbocycles. The highest BCUT2D eigenvalue weighted by molar-refractivity contribution is 8.14. The predicted molar refractivity (Wildman–Crippen MR) is 119 cm³/mol. The molecule has 0 atom stereocenters. The molecule has 0 heterocycles. The molecule has 0 aliphatic carbocycles. The van der Waals surface area contributed by atoms with Crippen LogP contribution in [0.2, 0.25) is 0 Å². The maximum absolute atomic E-state index is 14.3. The second kappa shape index (κ2) is 9.54. The van der Waals surface area contributed by atoms with Crippen molar-refractivity contribution in [3.8, 4) is 22.3 Å². The van der Waals surface area contributed by atoms with Gasteiger partial charge in [0.05, 0.1) is 4.90 Å². The van der Waals surface area contributed by atoms with Gasteiger partial charge < -0.3 is 0 Å². The fraction of sp³-hybridized carbons (Fsp3) is 0. The Morgan fingerprint density at radius 2 is 1.14 bits per heavy atom. The minimum absolute atomic E-state index is 0.0902. The van der Waals surface area contributed by atoms with Gasteiger partial charge in [-0.3, -0.25) is 9.59 Å². The van der Waals surface area contributed by atoms with Crippen molar-refractivity contribution in [2.75, 3.05) is 0 Å². The molecule has 0 amide bonds. The van der Waals surface area contributed by atoms with Gasteiger partial charge in [-0.15, -0.1) is 0 Å². The lowest BCUT2D eigenvalue weighted by Gasteiger charge is -2.07. The number of halogens is 1. The van der Waals surface area contributed by atoms with E-state index in [-0.39, 0.29) is 15.1 Å². The lowest BCUT2D eigenvalue weighted by Crippen LogP contribution is -1.89. The minimum atomic E-state index is -0.436. The number of carbonyl (C=O) groups excluding carboxylic acids is 2. The van der Waals surface area contributed by atoms with Gasteiger partial charge in [0.1, 0.15) is 5.82 Å². The Balaban J connectivity index is 1.77. The van der Waals surface area contributed by atoms with Gasteiger partial charge in [0.2, 0.25) is 10.2 Å². The normalized spacial score (nSPS) is 10.4. The smallest absolute Gasteiger partial charge is 0.216 e. The van der Waals surface area contributed by atoms with E-state index in [4.69, 9.17) is 0 Å². The van der Waals surface area contributed by atoms with E-state index < -0.39 is 5.82 Å². The van der Waals surface area contributed by atoms with Crippen LogP contribution < -0.4 is 0 Å². The van der Waals surface area contributed by atoms with E-state index in [9.17, 15) is 14.0 Å². The topological polar surface area (TPSA) is 34.1 Å². The van der Waals surface area contributed by atoms with Crippen LogP contribution in [-0.2, 0) is 9.59 Å². The molecule has 0 unspecified atom stereocenters. The van der Waals surface area contributed by atoms with Crippen molar-refractivity contribution in [2.24, 2.45) is 0 Å². The van der Waals surface area contributed by atoms with Gasteiger partial charge in [-0.2, -0.15) is 0 Å². The van der Waals surface area contributed by atoms with E-state index in [1.54, 1.807) is 12.1 Å². The first-order chi connectivity index (χ1) is 14.0. The van der Waals surface area contributed by atoms with E-state index in [1.807, 2.05) is 48.5 Å². The highest BCUT2D eigenvalue weighted by atomic mass is 32.2. The van der Waals surface area contributed by atoms with Crippen LogP contribution in [0.1, 0.15) is 0 Å². The Kier molecular flexibility index (Phi) is 6.86. The molecule has 0 aliphatic heterocycles. The maximum Gasteiger partial charge on any atom is 0.216 e. The summed E-state index contributed by atoms with van der Waals surface area (Å²) in [5.74, 6) is -0.436. The fourth-order valence-electron chi connectivity index (χ4n) is 2.64. The molecule has 29 heavy (non-hydrogen) atoms. The molecule has 0 saturated heterocycles. The highest BCUT2D eigenvalue weighted by Crippen LogP contribution is 2.30. The van der Waals surface area contributed by atoms with Crippen molar-refractivity contribution in [1.29, 1.82) is 0 Å². The van der Waals surface area contributed by atoms with Crippen molar-refractivity contribution in [3.63, 3.8) is 0 Å². The second-order valence-electron chi connectivity index (χ2n) is 6.00. The summed E-state index contributed by atoms with van der Waals surface area (Å²) in [6, 6.07) is 20.3. The molecule has 0 aromatic heterocycles.